The van der Waals surface area contributed by atoms with Crippen molar-refractivity contribution in [3.63, 3.8) is 0 Å². The first-order chi connectivity index (χ1) is 12.2. The molecule has 0 bridgehead atoms. The van der Waals surface area contributed by atoms with E-state index in [-0.39, 0.29) is 0 Å². The normalized spacial score (nSPS) is 19.4. The van der Waals surface area contributed by atoms with Crippen molar-refractivity contribution in [3.05, 3.63) is 65.7 Å². The lowest BCUT2D eigenvalue weighted by Crippen LogP contribution is -3.09. The van der Waals surface area contributed by atoms with Gasteiger partial charge in [-0.25, -0.2) is 0 Å². The zero-order valence-corrected chi connectivity index (χ0v) is 15.4. The Morgan fingerprint density at radius 1 is 1.12 bits per heavy atom. The molecule has 0 aliphatic carbocycles. The van der Waals surface area contributed by atoms with Crippen molar-refractivity contribution in [2.75, 3.05) is 20.2 Å². The van der Waals surface area contributed by atoms with E-state index in [2.05, 4.69) is 53.1 Å². The van der Waals surface area contributed by atoms with Crippen molar-refractivity contribution in [2.45, 2.75) is 25.6 Å². The summed E-state index contributed by atoms with van der Waals surface area (Å²) in [6.45, 7) is 4.11. The van der Waals surface area contributed by atoms with Crippen LogP contribution in [0.25, 0.3) is 0 Å². The highest BCUT2D eigenvalue weighted by Crippen LogP contribution is 2.10. The average molecular weight is 357 g/mol. The monoisotopic (exact) mass is 356 g/mol. The number of hydrogen-bond acceptors (Lipinski definition) is 2. The summed E-state index contributed by atoms with van der Waals surface area (Å²) in [5.41, 5.74) is 2.59. The van der Waals surface area contributed by atoms with Crippen molar-refractivity contribution in [1.82, 2.24) is 10.6 Å². The molecular formula is C20H26N3OS+. The topological polar surface area (TPSA) is 37.7 Å². The Morgan fingerprint density at radius 3 is 2.60 bits per heavy atom. The van der Waals surface area contributed by atoms with E-state index in [0.29, 0.717) is 6.04 Å². The van der Waals surface area contributed by atoms with Gasteiger partial charge in [-0.1, -0.05) is 42.5 Å². The predicted octanol–water partition coefficient (Wildman–Crippen LogP) is 1.52. The minimum atomic E-state index is 0.453. The highest BCUT2D eigenvalue weighted by Gasteiger charge is 2.26. The van der Waals surface area contributed by atoms with Gasteiger partial charge in [0.05, 0.1) is 26.2 Å². The minimum Gasteiger partial charge on any atom is -0.497 e. The standard InChI is InChI=1S/C20H25N3OS/c1-24-19-9-7-16(8-10-19)13-21-20(25)22-18-11-12-23(15-18)14-17-5-3-2-4-6-17/h2-10,18H,11-15H2,1H3,(H2,21,22,25)/p+1/t18-/m1/s1. The molecule has 1 aliphatic heterocycles. The number of ether oxygens (including phenoxy) is 1. The molecule has 0 aromatic heterocycles. The molecule has 0 spiro atoms. The van der Waals surface area contributed by atoms with Gasteiger partial charge in [-0.15, -0.1) is 0 Å². The average Bonchev–Trinajstić information content (AvgIpc) is 3.08. The van der Waals surface area contributed by atoms with Gasteiger partial charge in [0.15, 0.2) is 5.11 Å². The summed E-state index contributed by atoms with van der Waals surface area (Å²) in [5, 5.41) is 7.50. The van der Waals surface area contributed by atoms with Crippen LogP contribution in [0.15, 0.2) is 54.6 Å². The quantitative estimate of drug-likeness (QED) is 0.686. The lowest BCUT2D eigenvalue weighted by molar-refractivity contribution is -0.901. The second kappa shape index (κ2) is 8.83. The fourth-order valence-corrected chi connectivity index (χ4v) is 3.50. The van der Waals surface area contributed by atoms with Crippen LogP contribution >= 0.6 is 12.2 Å². The Morgan fingerprint density at radius 2 is 1.88 bits per heavy atom. The summed E-state index contributed by atoms with van der Waals surface area (Å²) < 4.78 is 5.18. The number of benzene rings is 2. The van der Waals surface area contributed by atoms with E-state index in [1.165, 1.54) is 17.7 Å². The Labute approximate surface area is 155 Å². The van der Waals surface area contributed by atoms with Crippen LogP contribution in [0.4, 0.5) is 0 Å². The molecule has 1 saturated heterocycles. The second-order valence-electron chi connectivity index (χ2n) is 6.53. The van der Waals surface area contributed by atoms with Gasteiger partial charge in [-0.05, 0) is 29.9 Å². The molecule has 2 aromatic carbocycles. The number of thiocarbonyl (C=S) groups is 1. The van der Waals surface area contributed by atoms with Gasteiger partial charge in [0.25, 0.3) is 0 Å². The summed E-state index contributed by atoms with van der Waals surface area (Å²) in [7, 11) is 1.68. The molecule has 132 valence electrons. The van der Waals surface area contributed by atoms with Gasteiger partial charge in [0.1, 0.15) is 12.3 Å². The number of quaternary nitrogens is 1. The van der Waals surface area contributed by atoms with Crippen LogP contribution in [-0.4, -0.2) is 31.4 Å². The summed E-state index contributed by atoms with van der Waals surface area (Å²) in [4.78, 5) is 1.61. The lowest BCUT2D eigenvalue weighted by Gasteiger charge is -2.16. The second-order valence-corrected chi connectivity index (χ2v) is 6.94. The van der Waals surface area contributed by atoms with Crippen LogP contribution in [0.3, 0.4) is 0 Å². The van der Waals surface area contributed by atoms with Gasteiger partial charge in [0, 0.05) is 18.5 Å². The first-order valence-corrected chi connectivity index (χ1v) is 9.18. The maximum absolute atomic E-state index is 5.45. The molecule has 0 saturated carbocycles. The SMILES string of the molecule is COc1ccc(CNC(=S)N[C@@H]2CC[NH+](Cc3ccccc3)C2)cc1. The van der Waals surface area contributed by atoms with Crippen LogP contribution in [0, 0.1) is 0 Å². The highest BCUT2D eigenvalue weighted by molar-refractivity contribution is 7.80. The highest BCUT2D eigenvalue weighted by atomic mass is 32.1. The number of hydrogen-bond donors (Lipinski definition) is 3. The fraction of sp³-hybridized carbons (Fsp3) is 0.350. The maximum Gasteiger partial charge on any atom is 0.166 e. The van der Waals surface area contributed by atoms with Crippen molar-refractivity contribution >= 4 is 17.3 Å². The molecule has 1 aliphatic rings. The summed E-state index contributed by atoms with van der Waals surface area (Å²) in [6.07, 6.45) is 1.16. The first-order valence-electron chi connectivity index (χ1n) is 8.78. The van der Waals surface area contributed by atoms with Crippen LogP contribution in [-0.2, 0) is 13.1 Å². The van der Waals surface area contributed by atoms with Gasteiger partial charge in [-0.3, -0.25) is 0 Å². The van der Waals surface area contributed by atoms with E-state index >= 15 is 0 Å². The largest absolute Gasteiger partial charge is 0.497 e. The smallest absolute Gasteiger partial charge is 0.166 e. The molecule has 1 heterocycles. The molecule has 4 nitrogen and oxygen atoms in total. The molecule has 1 fully saturated rings. The van der Waals surface area contributed by atoms with Crippen LogP contribution in [0.5, 0.6) is 5.75 Å². The summed E-state index contributed by atoms with van der Waals surface area (Å²) in [6, 6.07) is 19.2. The lowest BCUT2D eigenvalue weighted by atomic mass is 10.2. The Kier molecular flexibility index (Phi) is 6.25. The number of methoxy groups -OCH3 is 1. The molecular weight excluding hydrogens is 330 g/mol. The van der Waals surface area contributed by atoms with Crippen molar-refractivity contribution in [3.8, 4) is 5.75 Å². The summed E-state index contributed by atoms with van der Waals surface area (Å²) >= 11 is 5.45. The van der Waals surface area contributed by atoms with E-state index in [1.807, 2.05) is 12.1 Å². The van der Waals surface area contributed by atoms with Crippen LogP contribution < -0.4 is 20.3 Å². The van der Waals surface area contributed by atoms with Crippen LogP contribution in [0.2, 0.25) is 0 Å². The Hall–Kier alpha value is -2.11. The molecule has 3 N–H and O–H groups in total. The molecule has 2 aromatic rings. The third-order valence-corrected chi connectivity index (χ3v) is 4.89. The van der Waals surface area contributed by atoms with Gasteiger partial charge in [0.2, 0.25) is 0 Å². The number of likely N-dealkylation sites (tertiary alicyclic amines) is 1. The minimum absolute atomic E-state index is 0.453. The fourth-order valence-electron chi connectivity index (χ4n) is 3.26. The molecule has 3 rings (SSSR count). The van der Waals surface area contributed by atoms with E-state index < -0.39 is 0 Å². The Bertz CT molecular complexity index is 675. The van der Waals surface area contributed by atoms with Crippen molar-refractivity contribution in [2.24, 2.45) is 0 Å². The molecule has 25 heavy (non-hydrogen) atoms. The predicted molar refractivity (Wildman–Crippen MR) is 105 cm³/mol. The van der Waals surface area contributed by atoms with Gasteiger partial charge < -0.3 is 20.3 Å². The third kappa shape index (κ3) is 5.44. The zero-order valence-electron chi connectivity index (χ0n) is 14.6. The van der Waals surface area contributed by atoms with Gasteiger partial charge >= 0.3 is 0 Å². The van der Waals surface area contributed by atoms with Crippen molar-refractivity contribution < 1.29 is 9.64 Å². The van der Waals surface area contributed by atoms with E-state index in [9.17, 15) is 0 Å². The Balaban J connectivity index is 1.39. The molecule has 0 radical (unpaired) electrons. The van der Waals surface area contributed by atoms with E-state index in [0.717, 1.165) is 36.9 Å². The molecule has 2 atom stereocenters. The zero-order chi connectivity index (χ0) is 17.5. The molecule has 1 unspecified atom stereocenters. The third-order valence-electron chi connectivity index (χ3n) is 4.63. The van der Waals surface area contributed by atoms with E-state index in [4.69, 9.17) is 17.0 Å². The molecule has 0 amide bonds. The van der Waals surface area contributed by atoms with E-state index in [1.54, 1.807) is 12.0 Å². The van der Waals surface area contributed by atoms with Gasteiger partial charge in [-0.2, -0.15) is 0 Å². The van der Waals surface area contributed by atoms with Crippen LogP contribution in [0.1, 0.15) is 17.5 Å². The maximum atomic E-state index is 5.45. The number of rotatable bonds is 6. The van der Waals surface area contributed by atoms with Crippen molar-refractivity contribution in [1.29, 1.82) is 0 Å². The first kappa shape index (κ1) is 17.7. The summed E-state index contributed by atoms with van der Waals surface area (Å²) in [5.74, 6) is 0.872. The number of nitrogens with one attached hydrogen (secondary N) is 3. The molecule has 5 heteroatoms.